The van der Waals surface area contributed by atoms with Crippen molar-refractivity contribution in [1.29, 1.82) is 0 Å². The number of ether oxygens (including phenoxy) is 2. The van der Waals surface area contributed by atoms with Gasteiger partial charge in [-0.1, -0.05) is 18.2 Å². The second-order valence-corrected chi connectivity index (χ2v) is 4.53. The molecule has 120 valence electrons. The highest BCUT2D eigenvalue weighted by atomic mass is 16.5. The first-order valence-corrected chi connectivity index (χ1v) is 7.29. The fourth-order valence-electron chi connectivity index (χ4n) is 1.94. The van der Waals surface area contributed by atoms with Crippen LogP contribution in [0.4, 0.5) is 11.4 Å². The first-order valence-electron chi connectivity index (χ1n) is 7.29. The van der Waals surface area contributed by atoms with Gasteiger partial charge in [-0.2, -0.15) is 5.11 Å². The van der Waals surface area contributed by atoms with Crippen LogP contribution in [0.25, 0.3) is 0 Å². The summed E-state index contributed by atoms with van der Waals surface area (Å²) in [6, 6.07) is 12.1. The first kappa shape index (κ1) is 16.5. The number of rotatable bonds is 7. The molecule has 0 atom stereocenters. The quantitative estimate of drug-likeness (QED) is 0.757. The van der Waals surface area contributed by atoms with Gasteiger partial charge in [-0.05, 0) is 38.1 Å². The maximum absolute atomic E-state index is 11.2. The topological polar surface area (TPSA) is 80.5 Å². The van der Waals surface area contributed by atoms with E-state index in [1.54, 1.807) is 0 Å². The molecule has 0 spiro atoms. The molecule has 0 fully saturated rings. The number of carbonyl (C=O) groups is 1. The number of carboxylic acids is 1. The minimum atomic E-state index is -1.06. The Hall–Kier alpha value is -2.89. The molecule has 0 unspecified atom stereocenters. The molecule has 0 amide bonds. The fraction of sp³-hybridized carbons (Fsp3) is 0.235. The molecule has 2 aromatic rings. The molecule has 0 aromatic heterocycles. The van der Waals surface area contributed by atoms with E-state index in [9.17, 15) is 9.90 Å². The predicted octanol–water partition coefficient (Wildman–Crippen LogP) is 4.60. The Kier molecular flexibility index (Phi) is 5.68. The van der Waals surface area contributed by atoms with Crippen molar-refractivity contribution < 1.29 is 19.4 Å². The van der Waals surface area contributed by atoms with Crippen LogP contribution in [0.5, 0.6) is 11.5 Å². The monoisotopic (exact) mass is 314 g/mol. The summed E-state index contributed by atoms with van der Waals surface area (Å²) in [5.41, 5.74) is 1.14. The lowest BCUT2D eigenvalue weighted by molar-refractivity contribution is 0.0696. The molecular formula is C17H18N2O4. The lowest BCUT2D eigenvalue weighted by atomic mass is 10.1. The summed E-state index contributed by atoms with van der Waals surface area (Å²) in [5.74, 6) is -0.399. The highest BCUT2D eigenvalue weighted by Crippen LogP contribution is 2.40. The summed E-state index contributed by atoms with van der Waals surface area (Å²) in [4.78, 5) is 11.2. The summed E-state index contributed by atoms with van der Waals surface area (Å²) >= 11 is 0. The fourth-order valence-corrected chi connectivity index (χ4v) is 1.94. The van der Waals surface area contributed by atoms with Gasteiger partial charge in [0.1, 0.15) is 0 Å². The second kappa shape index (κ2) is 7.93. The van der Waals surface area contributed by atoms with Crippen LogP contribution in [0.1, 0.15) is 24.2 Å². The van der Waals surface area contributed by atoms with Crippen molar-refractivity contribution in [3.63, 3.8) is 0 Å². The molecule has 6 heteroatoms. The van der Waals surface area contributed by atoms with E-state index < -0.39 is 5.97 Å². The predicted molar refractivity (Wildman–Crippen MR) is 86.4 cm³/mol. The van der Waals surface area contributed by atoms with Gasteiger partial charge in [-0.25, -0.2) is 4.79 Å². The minimum absolute atomic E-state index is 0.0792. The van der Waals surface area contributed by atoms with Crippen LogP contribution in [0.3, 0.4) is 0 Å². The lowest BCUT2D eigenvalue weighted by Crippen LogP contribution is -2.02. The van der Waals surface area contributed by atoms with Gasteiger partial charge in [0, 0.05) is 0 Å². The summed E-state index contributed by atoms with van der Waals surface area (Å²) in [6.07, 6.45) is 0. The number of hydrogen-bond acceptors (Lipinski definition) is 5. The Morgan fingerprint density at radius 2 is 1.57 bits per heavy atom. The van der Waals surface area contributed by atoms with Gasteiger partial charge in [-0.15, -0.1) is 5.11 Å². The minimum Gasteiger partial charge on any atom is -0.491 e. The molecule has 0 aliphatic heterocycles. The average molecular weight is 314 g/mol. The zero-order valence-corrected chi connectivity index (χ0v) is 13.0. The summed E-state index contributed by atoms with van der Waals surface area (Å²) in [7, 11) is 0. The molecule has 0 saturated heterocycles. The Balaban J connectivity index is 2.49. The van der Waals surface area contributed by atoms with Crippen molar-refractivity contribution in [2.24, 2.45) is 10.2 Å². The Morgan fingerprint density at radius 1 is 1.00 bits per heavy atom. The number of aromatic carboxylic acids is 1. The van der Waals surface area contributed by atoms with Gasteiger partial charge < -0.3 is 14.6 Å². The van der Waals surface area contributed by atoms with Crippen molar-refractivity contribution in [3.05, 3.63) is 48.0 Å². The normalized spacial score (nSPS) is 10.7. The van der Waals surface area contributed by atoms with E-state index in [-0.39, 0.29) is 5.56 Å². The smallest absolute Gasteiger partial charge is 0.335 e. The zero-order chi connectivity index (χ0) is 16.7. The largest absolute Gasteiger partial charge is 0.491 e. The summed E-state index contributed by atoms with van der Waals surface area (Å²) in [5, 5.41) is 17.6. The first-order chi connectivity index (χ1) is 11.2. The molecule has 23 heavy (non-hydrogen) atoms. The standard InChI is InChI=1S/C17H18N2O4/c1-3-22-14-10-12(17(20)21)11-15(23-4-2)16(14)19-18-13-8-6-5-7-9-13/h5-11H,3-4H2,1-2H3,(H,20,21). The Morgan fingerprint density at radius 3 is 2.04 bits per heavy atom. The van der Waals surface area contributed by atoms with Crippen molar-refractivity contribution in [2.75, 3.05) is 13.2 Å². The van der Waals surface area contributed by atoms with Crippen LogP contribution < -0.4 is 9.47 Å². The molecule has 0 saturated carbocycles. The third-order valence-corrected chi connectivity index (χ3v) is 2.91. The van der Waals surface area contributed by atoms with Crippen molar-refractivity contribution in [2.45, 2.75) is 13.8 Å². The molecule has 0 aliphatic rings. The van der Waals surface area contributed by atoms with Crippen molar-refractivity contribution in [1.82, 2.24) is 0 Å². The molecule has 1 N–H and O–H groups in total. The van der Waals surface area contributed by atoms with Crippen LogP contribution in [-0.4, -0.2) is 24.3 Å². The maximum Gasteiger partial charge on any atom is 0.335 e. The molecule has 2 rings (SSSR count). The Labute approximate surface area is 134 Å². The summed E-state index contributed by atoms with van der Waals surface area (Å²) in [6.45, 7) is 4.38. The van der Waals surface area contributed by atoms with E-state index in [1.807, 2.05) is 44.2 Å². The summed E-state index contributed by atoms with van der Waals surface area (Å²) < 4.78 is 11.0. The van der Waals surface area contributed by atoms with E-state index in [0.717, 1.165) is 0 Å². The van der Waals surface area contributed by atoms with Gasteiger partial charge in [0.05, 0.1) is 24.5 Å². The second-order valence-electron chi connectivity index (χ2n) is 4.53. The van der Waals surface area contributed by atoms with E-state index in [4.69, 9.17) is 9.47 Å². The number of carboxylic acid groups (broad SMARTS) is 1. The van der Waals surface area contributed by atoms with Crippen molar-refractivity contribution in [3.8, 4) is 11.5 Å². The highest BCUT2D eigenvalue weighted by Gasteiger charge is 2.16. The van der Waals surface area contributed by atoms with Gasteiger partial charge in [-0.3, -0.25) is 0 Å². The third kappa shape index (κ3) is 4.29. The number of benzene rings is 2. The molecule has 0 heterocycles. The number of nitrogens with zero attached hydrogens (tertiary/aromatic N) is 2. The zero-order valence-electron chi connectivity index (χ0n) is 13.0. The number of azo groups is 1. The SMILES string of the molecule is CCOc1cc(C(=O)O)cc(OCC)c1N=Nc1ccccc1. The van der Waals surface area contributed by atoms with Gasteiger partial charge in [0.15, 0.2) is 17.2 Å². The highest BCUT2D eigenvalue weighted by molar-refractivity contribution is 5.90. The lowest BCUT2D eigenvalue weighted by Gasteiger charge is -2.12. The van der Waals surface area contributed by atoms with E-state index in [2.05, 4.69) is 10.2 Å². The number of hydrogen-bond donors (Lipinski definition) is 1. The van der Waals surface area contributed by atoms with Crippen LogP contribution in [-0.2, 0) is 0 Å². The molecular weight excluding hydrogens is 296 g/mol. The van der Waals surface area contributed by atoms with Crippen LogP contribution in [0, 0.1) is 0 Å². The average Bonchev–Trinajstić information content (AvgIpc) is 2.55. The van der Waals surface area contributed by atoms with Gasteiger partial charge >= 0.3 is 5.97 Å². The van der Waals surface area contributed by atoms with Crippen molar-refractivity contribution >= 4 is 17.3 Å². The van der Waals surface area contributed by atoms with Gasteiger partial charge in [0.25, 0.3) is 0 Å². The Bertz CT molecular complexity index is 672. The molecule has 0 aliphatic carbocycles. The molecule has 2 aromatic carbocycles. The van der Waals surface area contributed by atoms with E-state index >= 15 is 0 Å². The maximum atomic E-state index is 11.2. The van der Waals surface area contributed by atoms with E-state index in [0.29, 0.717) is 36.1 Å². The van der Waals surface area contributed by atoms with E-state index in [1.165, 1.54) is 12.1 Å². The molecule has 6 nitrogen and oxygen atoms in total. The molecule has 0 radical (unpaired) electrons. The van der Waals surface area contributed by atoms with Gasteiger partial charge in [0.2, 0.25) is 0 Å². The molecule has 0 bridgehead atoms. The van der Waals surface area contributed by atoms with Crippen LogP contribution in [0.15, 0.2) is 52.7 Å². The van der Waals surface area contributed by atoms with Crippen LogP contribution >= 0.6 is 0 Å². The van der Waals surface area contributed by atoms with Crippen LogP contribution in [0.2, 0.25) is 0 Å². The third-order valence-electron chi connectivity index (χ3n) is 2.91.